The monoisotopic (exact) mass is 458 g/mol. The average molecular weight is 459 g/mol. The van der Waals surface area contributed by atoms with Gasteiger partial charge in [0.05, 0.1) is 10.5 Å². The number of aryl methyl sites for hydroxylation is 2. The van der Waals surface area contributed by atoms with Crippen LogP contribution < -0.4 is 4.72 Å². The summed E-state index contributed by atoms with van der Waals surface area (Å²) in [5.41, 5.74) is 2.70. The van der Waals surface area contributed by atoms with Crippen LogP contribution in [0.25, 0.3) is 0 Å². The number of nitrogens with one attached hydrogen (secondary N) is 1. The van der Waals surface area contributed by atoms with E-state index in [0.717, 1.165) is 30.4 Å². The fraction of sp³-hybridized carbons (Fsp3) is 0.417. The van der Waals surface area contributed by atoms with Crippen molar-refractivity contribution in [3.05, 3.63) is 59.2 Å². The zero-order valence-electron chi connectivity index (χ0n) is 18.9. The van der Waals surface area contributed by atoms with Gasteiger partial charge in [-0.3, -0.25) is 9.52 Å². The van der Waals surface area contributed by atoms with Crippen molar-refractivity contribution in [1.29, 1.82) is 0 Å². The number of piperidine rings is 1. The number of nitrogens with zero attached hydrogens (tertiary/aromatic N) is 1. The number of ether oxygens (including phenoxy) is 1. The number of carbonyl (C=O) groups excluding carboxylic acids is 2. The summed E-state index contributed by atoms with van der Waals surface area (Å²) in [4.78, 5) is 26.7. The molecule has 1 heterocycles. The Morgan fingerprint density at radius 1 is 1.00 bits per heavy atom. The van der Waals surface area contributed by atoms with Crippen molar-refractivity contribution >= 4 is 27.6 Å². The second-order valence-electron chi connectivity index (χ2n) is 8.44. The molecule has 172 valence electrons. The molecule has 0 unspecified atom stereocenters. The van der Waals surface area contributed by atoms with Crippen molar-refractivity contribution in [3.8, 4) is 0 Å². The van der Waals surface area contributed by atoms with E-state index in [-0.39, 0.29) is 35.1 Å². The van der Waals surface area contributed by atoms with Gasteiger partial charge in [0.1, 0.15) is 0 Å². The fourth-order valence-electron chi connectivity index (χ4n) is 3.99. The molecule has 0 aromatic heterocycles. The fourth-order valence-corrected chi connectivity index (χ4v) is 5.04. The Bertz CT molecular complexity index is 1090. The quantitative estimate of drug-likeness (QED) is 0.659. The highest BCUT2D eigenvalue weighted by atomic mass is 32.2. The maximum absolute atomic E-state index is 12.7. The highest BCUT2D eigenvalue weighted by Crippen LogP contribution is 2.23. The molecule has 0 radical (unpaired) electrons. The molecule has 2 aromatic carbocycles. The van der Waals surface area contributed by atoms with Gasteiger partial charge in [0.15, 0.2) is 6.61 Å². The van der Waals surface area contributed by atoms with Gasteiger partial charge in [-0.15, -0.1) is 0 Å². The molecule has 0 spiro atoms. The summed E-state index contributed by atoms with van der Waals surface area (Å²) in [6.45, 7) is 7.53. The van der Waals surface area contributed by atoms with Gasteiger partial charge in [-0.25, -0.2) is 13.2 Å². The number of hydrogen-bond acceptors (Lipinski definition) is 5. The minimum Gasteiger partial charge on any atom is -0.452 e. The van der Waals surface area contributed by atoms with Crippen molar-refractivity contribution in [3.63, 3.8) is 0 Å². The standard InChI is InChI=1S/C24H30N2O5S/c1-16-8-11-21(14-17(16)2)25-32(29,30)22-12-9-20(10-13-22)24(28)31-15-23(27)26-18(3)6-5-7-19(26)4/h8-14,18-19,25H,5-7,15H2,1-4H3/t18-,19-/m0/s1. The summed E-state index contributed by atoms with van der Waals surface area (Å²) in [6, 6.07) is 11.0. The summed E-state index contributed by atoms with van der Waals surface area (Å²) in [6.07, 6.45) is 2.96. The van der Waals surface area contributed by atoms with E-state index in [1.165, 1.54) is 24.3 Å². The minimum absolute atomic E-state index is 0.0271. The van der Waals surface area contributed by atoms with Gasteiger partial charge >= 0.3 is 5.97 Å². The van der Waals surface area contributed by atoms with Crippen molar-refractivity contribution in [1.82, 2.24) is 4.90 Å². The molecule has 0 bridgehead atoms. The van der Waals surface area contributed by atoms with E-state index in [1.807, 2.05) is 33.8 Å². The topological polar surface area (TPSA) is 92.8 Å². The first kappa shape index (κ1) is 23.8. The molecule has 1 aliphatic rings. The van der Waals surface area contributed by atoms with Crippen molar-refractivity contribution in [2.24, 2.45) is 0 Å². The van der Waals surface area contributed by atoms with Crippen LogP contribution in [0.1, 0.15) is 54.6 Å². The van der Waals surface area contributed by atoms with Crippen molar-refractivity contribution < 1.29 is 22.7 Å². The SMILES string of the molecule is Cc1ccc(NS(=O)(=O)c2ccc(C(=O)OCC(=O)N3[C@@H](C)CCC[C@@H]3C)cc2)cc1C. The molecular formula is C24H30N2O5S. The lowest BCUT2D eigenvalue weighted by atomic mass is 9.97. The first-order valence-electron chi connectivity index (χ1n) is 10.8. The molecule has 1 N–H and O–H groups in total. The Labute approximate surface area is 189 Å². The molecule has 0 saturated carbocycles. The first-order valence-corrected chi connectivity index (χ1v) is 12.2. The van der Waals surface area contributed by atoms with Gasteiger partial charge in [0.2, 0.25) is 0 Å². The molecule has 2 atom stereocenters. The second kappa shape index (κ2) is 9.73. The van der Waals surface area contributed by atoms with E-state index >= 15 is 0 Å². The predicted octanol–water partition coefficient (Wildman–Crippen LogP) is 4.05. The van der Waals surface area contributed by atoms with Crippen LogP contribution in [0.15, 0.2) is 47.4 Å². The van der Waals surface area contributed by atoms with Gasteiger partial charge in [0, 0.05) is 17.8 Å². The van der Waals surface area contributed by atoms with E-state index < -0.39 is 16.0 Å². The number of sulfonamides is 1. The van der Waals surface area contributed by atoms with Gasteiger partial charge in [-0.1, -0.05) is 6.07 Å². The molecule has 32 heavy (non-hydrogen) atoms. The highest BCUT2D eigenvalue weighted by molar-refractivity contribution is 7.92. The Kier molecular flexibility index (Phi) is 7.23. The number of esters is 1. The first-order chi connectivity index (χ1) is 15.1. The number of likely N-dealkylation sites (tertiary alicyclic amines) is 1. The molecule has 3 rings (SSSR count). The summed E-state index contributed by atoms with van der Waals surface area (Å²) < 4.78 is 33.0. The van der Waals surface area contributed by atoms with E-state index in [2.05, 4.69) is 4.72 Å². The maximum atomic E-state index is 12.7. The number of benzene rings is 2. The van der Waals surface area contributed by atoms with Crippen LogP contribution in [0.4, 0.5) is 5.69 Å². The zero-order valence-corrected chi connectivity index (χ0v) is 19.7. The van der Waals surface area contributed by atoms with Gasteiger partial charge in [-0.2, -0.15) is 0 Å². The van der Waals surface area contributed by atoms with Crippen LogP contribution in [0, 0.1) is 13.8 Å². The summed E-state index contributed by atoms with van der Waals surface area (Å²) in [7, 11) is -3.80. The Morgan fingerprint density at radius 3 is 2.22 bits per heavy atom. The largest absolute Gasteiger partial charge is 0.452 e. The number of rotatable bonds is 6. The molecule has 8 heteroatoms. The van der Waals surface area contributed by atoms with Crippen LogP contribution in [-0.2, 0) is 19.6 Å². The van der Waals surface area contributed by atoms with E-state index in [1.54, 1.807) is 17.0 Å². The second-order valence-corrected chi connectivity index (χ2v) is 10.1. The van der Waals surface area contributed by atoms with Crippen molar-refractivity contribution in [2.75, 3.05) is 11.3 Å². The molecule has 2 aromatic rings. The molecule has 1 fully saturated rings. The smallest absolute Gasteiger partial charge is 0.338 e. The third-order valence-electron chi connectivity index (χ3n) is 5.97. The van der Waals surface area contributed by atoms with Crippen LogP contribution in [0.5, 0.6) is 0 Å². The Morgan fingerprint density at radius 2 is 1.62 bits per heavy atom. The molecule has 1 aliphatic heterocycles. The zero-order chi connectivity index (χ0) is 23.5. The van der Waals surface area contributed by atoms with Gasteiger partial charge in [0.25, 0.3) is 15.9 Å². The van der Waals surface area contributed by atoms with Crippen LogP contribution in [-0.4, -0.2) is 43.9 Å². The van der Waals surface area contributed by atoms with E-state index in [4.69, 9.17) is 4.74 Å². The average Bonchev–Trinajstić information content (AvgIpc) is 2.74. The summed E-state index contributed by atoms with van der Waals surface area (Å²) in [5, 5.41) is 0. The minimum atomic E-state index is -3.80. The molecule has 1 saturated heterocycles. The Balaban J connectivity index is 1.62. The van der Waals surface area contributed by atoms with Gasteiger partial charge in [-0.05, 0) is 94.5 Å². The third kappa shape index (κ3) is 5.48. The van der Waals surface area contributed by atoms with Gasteiger partial charge < -0.3 is 9.64 Å². The third-order valence-corrected chi connectivity index (χ3v) is 7.36. The van der Waals surface area contributed by atoms with Crippen LogP contribution in [0.2, 0.25) is 0 Å². The Hall–Kier alpha value is -2.87. The lowest BCUT2D eigenvalue weighted by Crippen LogP contribution is -2.49. The van der Waals surface area contributed by atoms with E-state index in [0.29, 0.717) is 5.69 Å². The number of anilines is 1. The number of hydrogen-bond donors (Lipinski definition) is 1. The summed E-state index contributed by atoms with van der Waals surface area (Å²) >= 11 is 0. The number of amides is 1. The lowest BCUT2D eigenvalue weighted by molar-refractivity contribution is -0.140. The number of carbonyl (C=O) groups is 2. The highest BCUT2D eigenvalue weighted by Gasteiger charge is 2.29. The normalized spacial score (nSPS) is 18.8. The predicted molar refractivity (Wildman–Crippen MR) is 123 cm³/mol. The molecule has 0 aliphatic carbocycles. The maximum Gasteiger partial charge on any atom is 0.338 e. The molecule has 7 nitrogen and oxygen atoms in total. The molecule has 1 amide bonds. The molecular weight excluding hydrogens is 428 g/mol. The lowest BCUT2D eigenvalue weighted by Gasteiger charge is -2.38. The van der Waals surface area contributed by atoms with E-state index in [9.17, 15) is 18.0 Å². The van der Waals surface area contributed by atoms with Crippen molar-refractivity contribution in [2.45, 2.75) is 63.9 Å². The van der Waals surface area contributed by atoms with Crippen LogP contribution in [0.3, 0.4) is 0 Å². The summed E-state index contributed by atoms with van der Waals surface area (Å²) in [5.74, 6) is -0.878. The van der Waals surface area contributed by atoms with Crippen LogP contribution >= 0.6 is 0 Å².